The van der Waals surface area contributed by atoms with Crippen molar-refractivity contribution in [3.8, 4) is 0 Å². The molecule has 0 aliphatic carbocycles. The van der Waals surface area contributed by atoms with Crippen LogP contribution < -0.4 is 0 Å². The van der Waals surface area contributed by atoms with E-state index in [0.29, 0.717) is 0 Å². The van der Waals surface area contributed by atoms with Gasteiger partial charge in [0.05, 0.1) is 11.5 Å². The lowest BCUT2D eigenvalue weighted by molar-refractivity contribution is -0.150. The molecule has 1 heterocycles. The van der Waals surface area contributed by atoms with Gasteiger partial charge in [-0.05, 0) is 41.0 Å². The molecule has 0 radical (unpaired) electrons. The number of carbonyl (C=O) groups excluding carboxylic acids is 1. The number of ether oxygens (including phenoxy) is 1. The highest BCUT2D eigenvalue weighted by Gasteiger charge is 2.56. The molecule has 1 saturated heterocycles. The maximum atomic E-state index is 12.4. The summed E-state index contributed by atoms with van der Waals surface area (Å²) in [5.74, 6) is -2.14. The van der Waals surface area contributed by atoms with Crippen LogP contribution in [0.1, 0.15) is 41.0 Å². The second-order valence-corrected chi connectivity index (χ2v) is 8.81. The summed E-state index contributed by atoms with van der Waals surface area (Å²) in [5, 5.41) is 9.55. The van der Waals surface area contributed by atoms with Crippen molar-refractivity contribution in [2.45, 2.75) is 58.2 Å². The van der Waals surface area contributed by atoms with Crippen molar-refractivity contribution in [1.82, 2.24) is 4.90 Å². The molecule has 1 amide bonds. The third kappa shape index (κ3) is 3.87. The number of carboxylic acid groups (broad SMARTS) is 1. The molecule has 1 rings (SSSR count). The van der Waals surface area contributed by atoms with Gasteiger partial charge in [0, 0.05) is 6.04 Å². The van der Waals surface area contributed by atoms with Crippen LogP contribution >= 0.6 is 0 Å². The monoisotopic (exact) mass is 321 g/mol. The molecule has 1 atom stereocenters. The molecule has 21 heavy (non-hydrogen) atoms. The summed E-state index contributed by atoms with van der Waals surface area (Å²) in [5.41, 5.74) is -2.54. The van der Waals surface area contributed by atoms with E-state index in [1.165, 1.54) is 0 Å². The van der Waals surface area contributed by atoms with Gasteiger partial charge in [-0.15, -0.1) is 0 Å². The number of rotatable bonds is 3. The number of hydrogen-bond acceptors (Lipinski definition) is 5. The topological polar surface area (TPSA) is 101 Å². The van der Waals surface area contributed by atoms with Gasteiger partial charge in [0.25, 0.3) is 0 Å². The minimum Gasteiger partial charge on any atom is -0.479 e. The smallest absolute Gasteiger partial charge is 0.411 e. The lowest BCUT2D eigenvalue weighted by Crippen LogP contribution is -2.61. The van der Waals surface area contributed by atoms with Gasteiger partial charge in [0.15, 0.2) is 15.4 Å². The molecule has 0 aromatic carbocycles. The predicted molar refractivity (Wildman–Crippen MR) is 76.8 cm³/mol. The number of sulfone groups is 1. The number of carboxylic acids is 1. The van der Waals surface area contributed by atoms with Crippen molar-refractivity contribution in [1.29, 1.82) is 0 Å². The van der Waals surface area contributed by atoms with Crippen LogP contribution in [0.25, 0.3) is 0 Å². The van der Waals surface area contributed by atoms with Crippen LogP contribution in [0.2, 0.25) is 0 Å². The van der Waals surface area contributed by atoms with Crippen LogP contribution in [0.15, 0.2) is 0 Å². The highest BCUT2D eigenvalue weighted by molar-refractivity contribution is 7.91. The molecule has 0 spiro atoms. The minimum atomic E-state index is -3.48. The van der Waals surface area contributed by atoms with E-state index < -0.39 is 44.8 Å². The Balaban J connectivity index is 3.24. The van der Waals surface area contributed by atoms with E-state index in [0.717, 1.165) is 4.90 Å². The average Bonchev–Trinajstić information content (AvgIpc) is 2.52. The first-order valence-electron chi connectivity index (χ1n) is 6.77. The molecule has 8 heteroatoms. The first-order chi connectivity index (χ1) is 9.31. The first kappa shape index (κ1) is 17.7. The van der Waals surface area contributed by atoms with E-state index in [1.807, 2.05) is 0 Å². The summed E-state index contributed by atoms with van der Waals surface area (Å²) in [6.45, 7) is 8.28. The van der Waals surface area contributed by atoms with Gasteiger partial charge >= 0.3 is 12.1 Å². The fourth-order valence-corrected chi connectivity index (χ4v) is 4.41. The second-order valence-electron chi connectivity index (χ2n) is 6.62. The average molecular weight is 321 g/mol. The SMILES string of the molecule is CC(C)N(C(=O)OC(C)(C)C)C1(C(=O)O)CCS(=O)(=O)C1. The van der Waals surface area contributed by atoms with Gasteiger partial charge in [0.1, 0.15) is 5.60 Å². The molecule has 1 fully saturated rings. The normalized spacial score (nSPS) is 24.9. The van der Waals surface area contributed by atoms with Gasteiger partial charge < -0.3 is 9.84 Å². The van der Waals surface area contributed by atoms with Crippen LogP contribution in [0.5, 0.6) is 0 Å². The van der Waals surface area contributed by atoms with Crippen LogP contribution in [-0.4, -0.2) is 59.2 Å². The molecule has 1 aliphatic heterocycles. The molecule has 7 nitrogen and oxygen atoms in total. The molecule has 0 aromatic heterocycles. The van der Waals surface area contributed by atoms with Crippen LogP contribution in [0.4, 0.5) is 4.79 Å². The second kappa shape index (κ2) is 5.47. The number of aliphatic carboxylic acids is 1. The largest absolute Gasteiger partial charge is 0.479 e. The Hall–Kier alpha value is -1.31. The minimum absolute atomic E-state index is 0.123. The zero-order chi connectivity index (χ0) is 16.6. The van der Waals surface area contributed by atoms with Gasteiger partial charge in [-0.25, -0.2) is 18.0 Å². The maximum absolute atomic E-state index is 12.4. The highest BCUT2D eigenvalue weighted by Crippen LogP contribution is 2.33. The number of amides is 1. The first-order valence-corrected chi connectivity index (χ1v) is 8.59. The van der Waals surface area contributed by atoms with Gasteiger partial charge in [-0.2, -0.15) is 0 Å². The number of nitrogens with zero attached hydrogens (tertiary/aromatic N) is 1. The van der Waals surface area contributed by atoms with E-state index in [2.05, 4.69) is 0 Å². The zero-order valence-corrected chi connectivity index (χ0v) is 13.9. The summed E-state index contributed by atoms with van der Waals surface area (Å²) in [6.07, 6.45) is -0.931. The van der Waals surface area contributed by atoms with E-state index >= 15 is 0 Å². The van der Waals surface area contributed by atoms with E-state index in [-0.39, 0.29) is 12.2 Å². The summed E-state index contributed by atoms with van der Waals surface area (Å²) < 4.78 is 28.7. The van der Waals surface area contributed by atoms with Crippen molar-refractivity contribution >= 4 is 21.9 Å². The van der Waals surface area contributed by atoms with Crippen molar-refractivity contribution in [2.75, 3.05) is 11.5 Å². The summed E-state index contributed by atoms with van der Waals surface area (Å²) in [7, 11) is -3.48. The van der Waals surface area contributed by atoms with Crippen molar-refractivity contribution < 1.29 is 27.9 Å². The molecule has 0 aromatic rings. The standard InChI is InChI=1S/C13H23NO6S/c1-9(2)14(11(17)20-12(3,4)5)13(10(15)16)6-7-21(18,19)8-13/h9H,6-8H2,1-5H3,(H,15,16). The Morgan fingerprint density at radius 1 is 1.29 bits per heavy atom. The number of carbonyl (C=O) groups is 2. The third-order valence-corrected chi connectivity index (χ3v) is 4.99. The molecular weight excluding hydrogens is 298 g/mol. The molecule has 1 aliphatic rings. The maximum Gasteiger partial charge on any atom is 0.411 e. The van der Waals surface area contributed by atoms with Gasteiger partial charge in [-0.1, -0.05) is 0 Å². The Kier molecular flexibility index (Phi) is 4.62. The van der Waals surface area contributed by atoms with E-state index in [9.17, 15) is 23.1 Å². The molecule has 1 unspecified atom stereocenters. The molecule has 1 N–H and O–H groups in total. The summed E-state index contributed by atoms with van der Waals surface area (Å²) in [4.78, 5) is 25.1. The molecule has 0 saturated carbocycles. The van der Waals surface area contributed by atoms with E-state index in [1.54, 1.807) is 34.6 Å². The van der Waals surface area contributed by atoms with Crippen molar-refractivity contribution in [2.24, 2.45) is 0 Å². The molecule has 0 bridgehead atoms. The summed E-state index contributed by atoms with van der Waals surface area (Å²) >= 11 is 0. The zero-order valence-electron chi connectivity index (χ0n) is 13.0. The van der Waals surface area contributed by atoms with Gasteiger partial charge in [0.2, 0.25) is 0 Å². The Morgan fingerprint density at radius 3 is 2.10 bits per heavy atom. The Labute approximate surface area is 125 Å². The predicted octanol–water partition coefficient (Wildman–Crippen LogP) is 1.27. The van der Waals surface area contributed by atoms with Crippen LogP contribution in [-0.2, 0) is 19.4 Å². The fraction of sp³-hybridized carbons (Fsp3) is 0.846. The number of hydrogen-bond donors (Lipinski definition) is 1. The fourth-order valence-electron chi connectivity index (χ4n) is 2.49. The van der Waals surface area contributed by atoms with Crippen molar-refractivity contribution in [3.05, 3.63) is 0 Å². The molecule has 122 valence electrons. The third-order valence-electron chi connectivity index (χ3n) is 3.25. The lowest BCUT2D eigenvalue weighted by atomic mass is 9.95. The molecular formula is C13H23NO6S. The Bertz CT molecular complexity index is 533. The lowest BCUT2D eigenvalue weighted by Gasteiger charge is -2.40. The van der Waals surface area contributed by atoms with Crippen molar-refractivity contribution in [3.63, 3.8) is 0 Å². The van der Waals surface area contributed by atoms with Crippen LogP contribution in [0, 0.1) is 0 Å². The quantitative estimate of drug-likeness (QED) is 0.840. The highest BCUT2D eigenvalue weighted by atomic mass is 32.2. The summed E-state index contributed by atoms with van der Waals surface area (Å²) in [6, 6.07) is -0.496. The Morgan fingerprint density at radius 2 is 1.81 bits per heavy atom. The van der Waals surface area contributed by atoms with E-state index in [4.69, 9.17) is 4.74 Å². The van der Waals surface area contributed by atoms with Crippen LogP contribution in [0.3, 0.4) is 0 Å². The van der Waals surface area contributed by atoms with Gasteiger partial charge in [-0.3, -0.25) is 4.90 Å².